The zero-order valence-corrected chi connectivity index (χ0v) is 14.1. The molecule has 0 spiro atoms. The molecule has 2 saturated heterocycles. The van der Waals surface area contributed by atoms with Crippen molar-refractivity contribution < 1.29 is 0 Å². The van der Waals surface area contributed by atoms with Crippen LogP contribution in [0.5, 0.6) is 0 Å². The van der Waals surface area contributed by atoms with E-state index in [1.807, 2.05) is 6.92 Å². The molecular formula is C17H29N5O. The fourth-order valence-electron chi connectivity index (χ4n) is 4.03. The molecule has 0 bridgehead atoms. The lowest BCUT2D eigenvalue weighted by atomic mass is 9.83. The zero-order valence-electron chi connectivity index (χ0n) is 14.1. The molecule has 6 heteroatoms. The molecule has 0 aromatic carbocycles. The van der Waals surface area contributed by atoms with E-state index in [9.17, 15) is 4.79 Å². The Balaban J connectivity index is 1.38. The molecule has 128 valence electrons. The van der Waals surface area contributed by atoms with Crippen LogP contribution in [-0.4, -0.2) is 53.6 Å². The zero-order chi connectivity index (χ0) is 16.1. The Morgan fingerprint density at radius 3 is 3.00 bits per heavy atom. The van der Waals surface area contributed by atoms with Crippen molar-refractivity contribution in [2.24, 2.45) is 5.92 Å². The summed E-state index contributed by atoms with van der Waals surface area (Å²) in [6, 6.07) is 2.30. The Labute approximate surface area is 138 Å². The van der Waals surface area contributed by atoms with Gasteiger partial charge in [-0.2, -0.15) is 0 Å². The summed E-state index contributed by atoms with van der Waals surface area (Å²) in [5.74, 6) is 1.36. The number of H-pyrrole nitrogens is 1. The minimum atomic E-state index is -0.104. The van der Waals surface area contributed by atoms with Crippen LogP contribution in [0, 0.1) is 12.8 Å². The Kier molecular flexibility index (Phi) is 5.67. The van der Waals surface area contributed by atoms with Crippen LogP contribution in [0.15, 0.2) is 10.9 Å². The smallest absolute Gasteiger partial charge is 0.252 e. The first-order valence-electron chi connectivity index (χ1n) is 8.99. The van der Waals surface area contributed by atoms with E-state index >= 15 is 0 Å². The highest BCUT2D eigenvalue weighted by Gasteiger charge is 2.32. The highest BCUT2D eigenvalue weighted by atomic mass is 16.1. The van der Waals surface area contributed by atoms with Crippen molar-refractivity contribution in [1.29, 1.82) is 0 Å². The van der Waals surface area contributed by atoms with Gasteiger partial charge in [0.15, 0.2) is 0 Å². The van der Waals surface area contributed by atoms with Gasteiger partial charge in [-0.25, -0.2) is 4.98 Å². The van der Waals surface area contributed by atoms with Crippen LogP contribution in [0.4, 0.5) is 5.95 Å². The van der Waals surface area contributed by atoms with Gasteiger partial charge in [0.05, 0.1) is 0 Å². The van der Waals surface area contributed by atoms with Crippen molar-refractivity contribution in [3.05, 3.63) is 22.1 Å². The average Bonchev–Trinajstić information content (AvgIpc) is 2.54. The normalized spacial score (nSPS) is 25.1. The van der Waals surface area contributed by atoms with Gasteiger partial charge in [-0.1, -0.05) is 6.42 Å². The van der Waals surface area contributed by atoms with Crippen LogP contribution in [0.2, 0.25) is 0 Å². The maximum Gasteiger partial charge on any atom is 0.252 e. The third-order valence-electron chi connectivity index (χ3n) is 5.10. The minimum Gasteiger partial charge on any atom is -0.354 e. The van der Waals surface area contributed by atoms with E-state index in [1.54, 1.807) is 0 Å². The number of hydrogen-bond acceptors (Lipinski definition) is 5. The molecule has 2 atom stereocenters. The molecule has 0 saturated carbocycles. The van der Waals surface area contributed by atoms with Crippen LogP contribution >= 0.6 is 0 Å². The molecule has 3 heterocycles. The number of aromatic nitrogens is 2. The first-order chi connectivity index (χ1) is 11.2. The largest absolute Gasteiger partial charge is 0.354 e. The van der Waals surface area contributed by atoms with Crippen LogP contribution < -0.4 is 16.2 Å². The number of nitrogens with one attached hydrogen (secondary N) is 3. The molecule has 6 nitrogen and oxygen atoms in total. The highest BCUT2D eigenvalue weighted by Crippen LogP contribution is 2.30. The van der Waals surface area contributed by atoms with Crippen molar-refractivity contribution >= 4 is 5.95 Å². The summed E-state index contributed by atoms with van der Waals surface area (Å²) >= 11 is 0. The van der Waals surface area contributed by atoms with Gasteiger partial charge < -0.3 is 15.5 Å². The molecule has 2 aliphatic rings. The molecule has 0 radical (unpaired) electrons. The summed E-state index contributed by atoms with van der Waals surface area (Å²) in [5, 5.41) is 6.76. The van der Waals surface area contributed by atoms with Crippen LogP contribution in [0.25, 0.3) is 0 Å². The standard InChI is InChI=1S/C17H29N5O/c1-13-11-16(23)21-17(20-13)19-8-7-18-12-14-5-4-10-22-9-3-2-6-15(14)22/h11,14-15,18H,2-10,12H2,1H3,(H2,19,20,21,23)/t14-,15+/m0/s1. The van der Waals surface area contributed by atoms with Gasteiger partial charge in [-0.05, 0) is 58.2 Å². The van der Waals surface area contributed by atoms with Crippen molar-refractivity contribution in [2.75, 3.05) is 38.0 Å². The summed E-state index contributed by atoms with van der Waals surface area (Å²) in [6.07, 6.45) is 6.84. The minimum absolute atomic E-state index is 0.104. The van der Waals surface area contributed by atoms with Gasteiger partial charge in [0.25, 0.3) is 5.56 Å². The predicted octanol–water partition coefficient (Wildman–Crippen LogP) is 1.34. The molecule has 3 N–H and O–H groups in total. The number of anilines is 1. The summed E-state index contributed by atoms with van der Waals surface area (Å²) in [6.45, 7) is 7.19. The molecule has 1 aromatic rings. The van der Waals surface area contributed by atoms with E-state index < -0.39 is 0 Å². The monoisotopic (exact) mass is 319 g/mol. The van der Waals surface area contributed by atoms with E-state index in [2.05, 4.69) is 25.5 Å². The summed E-state index contributed by atoms with van der Waals surface area (Å²) in [7, 11) is 0. The third kappa shape index (κ3) is 4.54. The van der Waals surface area contributed by atoms with E-state index in [0.717, 1.165) is 37.3 Å². The fraction of sp³-hybridized carbons (Fsp3) is 0.765. The number of nitrogens with zero attached hydrogens (tertiary/aromatic N) is 2. The number of piperidine rings is 2. The maximum absolute atomic E-state index is 11.4. The second-order valence-corrected chi connectivity index (χ2v) is 6.87. The molecule has 23 heavy (non-hydrogen) atoms. The quantitative estimate of drug-likeness (QED) is 0.690. The van der Waals surface area contributed by atoms with Crippen molar-refractivity contribution in [2.45, 2.75) is 45.1 Å². The lowest BCUT2D eigenvalue weighted by molar-refractivity contribution is 0.0597. The van der Waals surface area contributed by atoms with E-state index in [4.69, 9.17) is 0 Å². The predicted molar refractivity (Wildman–Crippen MR) is 92.9 cm³/mol. The first-order valence-corrected chi connectivity index (χ1v) is 8.99. The molecule has 1 aromatic heterocycles. The SMILES string of the molecule is Cc1cc(=O)[nH]c(NCCNC[C@@H]2CCCN3CCCC[C@H]23)n1. The Bertz CT molecular complexity index is 556. The number of aromatic amines is 1. The van der Waals surface area contributed by atoms with E-state index in [0.29, 0.717) is 5.95 Å². The molecule has 0 aliphatic carbocycles. The molecular weight excluding hydrogens is 290 g/mol. The summed E-state index contributed by atoms with van der Waals surface area (Å²) < 4.78 is 0. The molecule has 2 fully saturated rings. The third-order valence-corrected chi connectivity index (χ3v) is 5.10. The fourth-order valence-corrected chi connectivity index (χ4v) is 4.03. The second kappa shape index (κ2) is 7.93. The van der Waals surface area contributed by atoms with Gasteiger partial charge in [-0.15, -0.1) is 0 Å². The van der Waals surface area contributed by atoms with Gasteiger partial charge in [0.1, 0.15) is 0 Å². The van der Waals surface area contributed by atoms with Crippen molar-refractivity contribution in [3.8, 4) is 0 Å². The van der Waals surface area contributed by atoms with Gasteiger partial charge in [-0.3, -0.25) is 9.78 Å². The second-order valence-electron chi connectivity index (χ2n) is 6.87. The summed E-state index contributed by atoms with van der Waals surface area (Å²) in [5.41, 5.74) is 0.636. The number of fused-ring (bicyclic) bond motifs is 1. The lowest BCUT2D eigenvalue weighted by Crippen LogP contribution is -2.50. The molecule has 0 unspecified atom stereocenters. The number of aryl methyl sites for hydroxylation is 1. The average molecular weight is 319 g/mol. The van der Waals surface area contributed by atoms with Crippen molar-refractivity contribution in [3.63, 3.8) is 0 Å². The Hall–Kier alpha value is -1.40. The maximum atomic E-state index is 11.4. The first kappa shape index (κ1) is 16.5. The topological polar surface area (TPSA) is 73.1 Å². The van der Waals surface area contributed by atoms with Gasteiger partial charge >= 0.3 is 0 Å². The van der Waals surface area contributed by atoms with Crippen molar-refractivity contribution in [1.82, 2.24) is 20.2 Å². The van der Waals surface area contributed by atoms with Gasteiger partial charge in [0.2, 0.25) is 5.95 Å². The van der Waals surface area contributed by atoms with Crippen LogP contribution in [0.1, 0.15) is 37.8 Å². The van der Waals surface area contributed by atoms with E-state index in [-0.39, 0.29) is 5.56 Å². The summed E-state index contributed by atoms with van der Waals surface area (Å²) in [4.78, 5) is 21.1. The highest BCUT2D eigenvalue weighted by molar-refractivity contribution is 5.24. The van der Waals surface area contributed by atoms with Crippen LogP contribution in [-0.2, 0) is 0 Å². The molecule has 2 aliphatic heterocycles. The molecule has 3 rings (SSSR count). The Morgan fingerprint density at radius 2 is 2.13 bits per heavy atom. The number of rotatable bonds is 6. The van der Waals surface area contributed by atoms with E-state index in [1.165, 1.54) is 51.3 Å². The van der Waals surface area contributed by atoms with Gasteiger partial charge in [0, 0.05) is 30.9 Å². The Morgan fingerprint density at radius 1 is 1.26 bits per heavy atom. The number of hydrogen-bond donors (Lipinski definition) is 3. The molecule has 0 amide bonds. The lowest BCUT2D eigenvalue weighted by Gasteiger charge is -2.44. The van der Waals surface area contributed by atoms with Crippen LogP contribution in [0.3, 0.4) is 0 Å².